The second-order valence-corrected chi connectivity index (χ2v) is 8.33. The first kappa shape index (κ1) is 19.0. The van der Waals surface area contributed by atoms with Crippen LogP contribution in [0.5, 0.6) is 0 Å². The van der Waals surface area contributed by atoms with Crippen LogP contribution in [0, 0.1) is 5.92 Å². The number of carbonyl (C=O) groups is 2. The van der Waals surface area contributed by atoms with Crippen LogP contribution in [0.3, 0.4) is 0 Å². The maximum Gasteiger partial charge on any atom is 0.339 e. The number of hydrogen-bond acceptors (Lipinski definition) is 6. The number of carbonyl (C=O) groups excluding carboxylic acids is 2. The molecule has 0 aromatic heterocycles. The molecule has 2 saturated heterocycles. The smallest absolute Gasteiger partial charge is 0.339 e. The lowest BCUT2D eigenvalue weighted by molar-refractivity contribution is -0.156. The first-order chi connectivity index (χ1) is 12.3. The number of benzene rings is 1. The fourth-order valence-electron chi connectivity index (χ4n) is 4.05. The summed E-state index contributed by atoms with van der Waals surface area (Å²) in [6.45, 7) is 0. The minimum atomic E-state index is -4.26. The van der Waals surface area contributed by atoms with Crippen molar-refractivity contribution in [3.8, 4) is 0 Å². The maximum atomic E-state index is 12.4. The van der Waals surface area contributed by atoms with Crippen LogP contribution >= 0.6 is 7.60 Å². The molecule has 4 atom stereocenters. The molecule has 0 spiro atoms. The van der Waals surface area contributed by atoms with Gasteiger partial charge in [-0.2, -0.15) is 0 Å². The Labute approximate surface area is 151 Å². The van der Waals surface area contributed by atoms with E-state index in [0.29, 0.717) is 24.8 Å². The summed E-state index contributed by atoms with van der Waals surface area (Å²) in [5.41, 5.74) is 0.390. The van der Waals surface area contributed by atoms with Crippen molar-refractivity contribution in [3.05, 3.63) is 35.9 Å². The van der Waals surface area contributed by atoms with Gasteiger partial charge in [-0.25, -0.2) is 4.79 Å². The highest BCUT2D eigenvalue weighted by Gasteiger charge is 2.53. The fraction of sp³-hybridized carbons (Fsp3) is 0.529. The lowest BCUT2D eigenvalue weighted by Crippen LogP contribution is -2.55. The summed E-state index contributed by atoms with van der Waals surface area (Å²) in [7, 11) is -3.01. The first-order valence-corrected chi connectivity index (χ1v) is 10.2. The van der Waals surface area contributed by atoms with Gasteiger partial charge in [0.25, 0.3) is 0 Å². The molecule has 26 heavy (non-hydrogen) atoms. The Morgan fingerprint density at radius 3 is 2.54 bits per heavy atom. The third kappa shape index (κ3) is 3.99. The molecule has 4 unspecified atom stereocenters. The number of ether oxygens (including phenoxy) is 2. The summed E-state index contributed by atoms with van der Waals surface area (Å²) in [6, 6.07) is 7.94. The van der Waals surface area contributed by atoms with Crippen LogP contribution in [-0.4, -0.2) is 58.2 Å². The van der Waals surface area contributed by atoms with E-state index in [2.05, 4.69) is 0 Å². The Bertz CT molecular complexity index is 719. The number of nitrogens with zero attached hydrogens (tertiary/aromatic N) is 1. The predicted molar refractivity (Wildman–Crippen MR) is 91.3 cm³/mol. The van der Waals surface area contributed by atoms with Gasteiger partial charge in [-0.05, 0) is 25.0 Å². The quantitative estimate of drug-likeness (QED) is 0.579. The summed E-state index contributed by atoms with van der Waals surface area (Å²) in [6.07, 6.45) is 0.548. The van der Waals surface area contributed by atoms with Gasteiger partial charge in [-0.15, -0.1) is 0 Å². The number of fused-ring (bicyclic) bond motifs is 2. The van der Waals surface area contributed by atoms with E-state index >= 15 is 0 Å². The zero-order chi connectivity index (χ0) is 18.9. The highest BCUT2D eigenvalue weighted by Crippen LogP contribution is 2.46. The van der Waals surface area contributed by atoms with E-state index in [4.69, 9.17) is 9.47 Å². The zero-order valence-corrected chi connectivity index (χ0v) is 15.2. The second-order valence-electron chi connectivity index (χ2n) is 6.71. The molecule has 1 aromatic rings. The molecule has 0 aliphatic carbocycles. The minimum Gasteiger partial charge on any atom is -0.469 e. The summed E-state index contributed by atoms with van der Waals surface area (Å²) in [5, 5.41) is 0. The van der Waals surface area contributed by atoms with Crippen molar-refractivity contribution in [3.63, 3.8) is 0 Å². The molecule has 2 aliphatic heterocycles. The zero-order valence-electron chi connectivity index (χ0n) is 14.4. The second kappa shape index (κ2) is 7.48. The molecule has 142 valence electrons. The van der Waals surface area contributed by atoms with Crippen LogP contribution in [0.25, 0.3) is 0 Å². The Balaban J connectivity index is 1.81. The first-order valence-electron chi connectivity index (χ1n) is 8.44. The molecule has 0 radical (unpaired) electrons. The number of piperidine rings is 1. The molecule has 3 rings (SSSR count). The maximum absolute atomic E-state index is 12.4. The van der Waals surface area contributed by atoms with E-state index in [0.717, 1.165) is 0 Å². The van der Waals surface area contributed by atoms with Gasteiger partial charge in [0.15, 0.2) is 0 Å². The van der Waals surface area contributed by atoms with Crippen LogP contribution in [-0.2, 0) is 18.8 Å². The topological polar surface area (TPSA) is 113 Å². The third-order valence-corrected chi connectivity index (χ3v) is 5.79. The van der Waals surface area contributed by atoms with Crippen LogP contribution < -0.4 is 0 Å². The SMILES string of the molecule is COC(=O)C1C(OC(=O)c2ccccc2)CC2CCC1N2CP(=O)(O)O. The van der Waals surface area contributed by atoms with Gasteiger partial charge in [0, 0.05) is 18.5 Å². The number of esters is 2. The average Bonchev–Trinajstić information content (AvgIpc) is 2.85. The molecule has 2 N–H and O–H groups in total. The van der Waals surface area contributed by atoms with Crippen molar-refractivity contribution < 1.29 is 33.4 Å². The minimum absolute atomic E-state index is 0.137. The summed E-state index contributed by atoms with van der Waals surface area (Å²) in [5.74, 6) is -1.82. The van der Waals surface area contributed by atoms with Crippen LogP contribution in [0.2, 0.25) is 0 Å². The Morgan fingerprint density at radius 2 is 1.92 bits per heavy atom. The molecule has 2 aliphatic rings. The fourth-order valence-corrected chi connectivity index (χ4v) is 4.91. The van der Waals surface area contributed by atoms with Crippen LogP contribution in [0.1, 0.15) is 29.6 Å². The van der Waals surface area contributed by atoms with Gasteiger partial charge in [0.2, 0.25) is 0 Å². The summed E-state index contributed by atoms with van der Waals surface area (Å²) < 4.78 is 22.0. The largest absolute Gasteiger partial charge is 0.469 e. The summed E-state index contributed by atoms with van der Waals surface area (Å²) in [4.78, 5) is 45.1. The molecular weight excluding hydrogens is 361 g/mol. The predicted octanol–water partition coefficient (Wildman–Crippen LogP) is 1.37. The van der Waals surface area contributed by atoms with E-state index in [-0.39, 0.29) is 6.04 Å². The Hall–Kier alpha value is -1.73. The van der Waals surface area contributed by atoms with Gasteiger partial charge in [-0.1, -0.05) is 18.2 Å². The molecular formula is C17H22NO7P. The normalized spacial score (nSPS) is 28.6. The van der Waals surface area contributed by atoms with Crippen LogP contribution in [0.4, 0.5) is 0 Å². The lowest BCUT2D eigenvalue weighted by atomic mass is 9.87. The third-order valence-electron chi connectivity index (χ3n) is 5.10. The standard InChI is InChI=1S/C17H22NO7P/c1-24-17(20)15-13-8-7-12(18(13)10-26(21,22)23)9-14(15)25-16(19)11-5-3-2-4-6-11/h2-6,12-15H,7-10H2,1H3,(H2,21,22,23). The molecule has 2 fully saturated rings. The molecule has 9 heteroatoms. The van der Waals surface area contributed by atoms with Crippen molar-refractivity contribution in [1.82, 2.24) is 4.90 Å². The number of methoxy groups -OCH3 is 1. The van der Waals surface area contributed by atoms with E-state index in [1.165, 1.54) is 7.11 Å². The molecule has 0 amide bonds. The van der Waals surface area contributed by atoms with Crippen molar-refractivity contribution in [2.75, 3.05) is 13.4 Å². The molecule has 1 aromatic carbocycles. The highest BCUT2D eigenvalue weighted by molar-refractivity contribution is 7.51. The molecule has 2 bridgehead atoms. The molecule has 8 nitrogen and oxygen atoms in total. The van der Waals surface area contributed by atoms with Crippen molar-refractivity contribution in [2.45, 2.75) is 37.5 Å². The van der Waals surface area contributed by atoms with Gasteiger partial charge in [-0.3, -0.25) is 14.3 Å². The Kier molecular flexibility index (Phi) is 5.48. The average molecular weight is 383 g/mol. The number of hydrogen-bond donors (Lipinski definition) is 2. The summed E-state index contributed by atoms with van der Waals surface area (Å²) >= 11 is 0. The van der Waals surface area contributed by atoms with Gasteiger partial charge in [0.05, 0.1) is 12.7 Å². The highest BCUT2D eigenvalue weighted by atomic mass is 31.2. The van der Waals surface area contributed by atoms with Crippen molar-refractivity contribution in [1.29, 1.82) is 0 Å². The molecule has 0 saturated carbocycles. The van der Waals surface area contributed by atoms with Crippen molar-refractivity contribution >= 4 is 19.5 Å². The van der Waals surface area contributed by atoms with Gasteiger partial charge < -0.3 is 19.3 Å². The van der Waals surface area contributed by atoms with Gasteiger partial charge in [0.1, 0.15) is 18.3 Å². The van der Waals surface area contributed by atoms with E-state index in [1.54, 1.807) is 35.2 Å². The Morgan fingerprint density at radius 1 is 1.23 bits per heavy atom. The van der Waals surface area contributed by atoms with E-state index < -0.39 is 43.9 Å². The molecule has 2 heterocycles. The van der Waals surface area contributed by atoms with E-state index in [1.807, 2.05) is 0 Å². The number of rotatable bonds is 5. The monoisotopic (exact) mass is 383 g/mol. The van der Waals surface area contributed by atoms with Crippen LogP contribution in [0.15, 0.2) is 30.3 Å². The lowest BCUT2D eigenvalue weighted by Gasteiger charge is -2.42. The van der Waals surface area contributed by atoms with Crippen molar-refractivity contribution in [2.24, 2.45) is 5.92 Å². The van der Waals surface area contributed by atoms with E-state index in [9.17, 15) is 23.9 Å². The van der Waals surface area contributed by atoms with Gasteiger partial charge >= 0.3 is 19.5 Å².